The summed E-state index contributed by atoms with van der Waals surface area (Å²) in [5.41, 5.74) is 2.17. The average Bonchev–Trinajstić information content (AvgIpc) is 2.82. The third-order valence-electron chi connectivity index (χ3n) is 3.67. The van der Waals surface area contributed by atoms with Gasteiger partial charge >= 0.3 is 0 Å². The zero-order chi connectivity index (χ0) is 18.1. The summed E-state index contributed by atoms with van der Waals surface area (Å²) in [5, 5.41) is 14.5. The van der Waals surface area contributed by atoms with E-state index in [2.05, 4.69) is 5.32 Å². The Hall–Kier alpha value is -2.77. The third kappa shape index (κ3) is 3.38. The Balaban J connectivity index is 1.96. The van der Waals surface area contributed by atoms with Crippen LogP contribution in [-0.4, -0.2) is 15.9 Å². The van der Waals surface area contributed by atoms with Gasteiger partial charge in [-0.25, -0.2) is 0 Å². The molecule has 1 aliphatic rings. The van der Waals surface area contributed by atoms with E-state index in [0.717, 1.165) is 5.56 Å². The fourth-order valence-corrected chi connectivity index (χ4v) is 3.04. The van der Waals surface area contributed by atoms with E-state index in [9.17, 15) is 14.9 Å². The summed E-state index contributed by atoms with van der Waals surface area (Å²) in [6.07, 6.45) is 1.53. The Labute approximate surface area is 153 Å². The first-order valence-corrected chi connectivity index (χ1v) is 8.03. The average molecular weight is 374 g/mol. The van der Waals surface area contributed by atoms with Crippen LogP contribution >= 0.6 is 23.8 Å². The lowest BCUT2D eigenvalue weighted by Crippen LogP contribution is -2.30. The number of anilines is 1. The van der Waals surface area contributed by atoms with Crippen LogP contribution in [0.5, 0.6) is 0 Å². The zero-order valence-corrected chi connectivity index (χ0v) is 14.6. The number of nitro groups is 1. The molecule has 0 radical (unpaired) electrons. The first-order chi connectivity index (χ1) is 11.9. The lowest BCUT2D eigenvalue weighted by atomic mass is 10.1. The summed E-state index contributed by atoms with van der Waals surface area (Å²) in [7, 11) is 0. The standard InChI is InChI=1S/C17H12ClN3O3S/c1-10-7-12(18)5-6-15(10)20-16(22)14(19-17(20)25)9-11-3-2-4-13(8-11)21(23)24/h2-9H,1H3,(H,19,25)/b14-9+. The normalized spacial score (nSPS) is 15.6. The molecule has 1 heterocycles. The van der Waals surface area contributed by atoms with E-state index in [1.165, 1.54) is 23.1 Å². The topological polar surface area (TPSA) is 75.5 Å². The highest BCUT2D eigenvalue weighted by Crippen LogP contribution is 2.28. The van der Waals surface area contributed by atoms with Gasteiger partial charge in [0.15, 0.2) is 5.11 Å². The van der Waals surface area contributed by atoms with Gasteiger partial charge in [0.05, 0.1) is 10.6 Å². The molecular formula is C17H12ClN3O3S. The molecule has 0 bridgehead atoms. The molecule has 0 aliphatic carbocycles. The second-order valence-electron chi connectivity index (χ2n) is 5.41. The highest BCUT2D eigenvalue weighted by Gasteiger charge is 2.32. The van der Waals surface area contributed by atoms with E-state index < -0.39 is 4.92 Å². The molecule has 0 unspecified atom stereocenters. The SMILES string of the molecule is Cc1cc(Cl)ccc1N1C(=O)/C(=C\c2cccc([N+](=O)[O-])c2)NC1=S. The predicted molar refractivity (Wildman–Crippen MR) is 100 cm³/mol. The summed E-state index contributed by atoms with van der Waals surface area (Å²) >= 11 is 11.2. The molecular weight excluding hydrogens is 362 g/mol. The van der Waals surface area contributed by atoms with Crippen molar-refractivity contribution in [1.82, 2.24) is 5.32 Å². The molecule has 1 amide bonds. The molecule has 8 heteroatoms. The van der Waals surface area contributed by atoms with Gasteiger partial charge in [-0.1, -0.05) is 23.7 Å². The van der Waals surface area contributed by atoms with Gasteiger partial charge in [0.2, 0.25) is 0 Å². The summed E-state index contributed by atoms with van der Waals surface area (Å²) in [6, 6.07) is 11.2. The van der Waals surface area contributed by atoms with Crippen LogP contribution in [0.4, 0.5) is 11.4 Å². The maximum atomic E-state index is 12.7. The number of nitro benzene ring substituents is 1. The lowest BCUT2D eigenvalue weighted by molar-refractivity contribution is -0.384. The van der Waals surface area contributed by atoms with Crippen molar-refractivity contribution < 1.29 is 9.72 Å². The first-order valence-electron chi connectivity index (χ1n) is 7.24. The van der Waals surface area contributed by atoms with E-state index in [0.29, 0.717) is 16.3 Å². The summed E-state index contributed by atoms with van der Waals surface area (Å²) < 4.78 is 0. The number of thiocarbonyl (C=S) groups is 1. The summed E-state index contributed by atoms with van der Waals surface area (Å²) in [5.74, 6) is -0.332. The predicted octanol–water partition coefficient (Wildman–Crippen LogP) is 3.82. The van der Waals surface area contributed by atoms with Crippen molar-refractivity contribution in [2.45, 2.75) is 6.92 Å². The van der Waals surface area contributed by atoms with Crippen LogP contribution in [0.2, 0.25) is 5.02 Å². The minimum absolute atomic E-state index is 0.0484. The van der Waals surface area contributed by atoms with Crippen LogP contribution in [-0.2, 0) is 4.79 Å². The van der Waals surface area contributed by atoms with Crippen molar-refractivity contribution in [2.24, 2.45) is 0 Å². The molecule has 25 heavy (non-hydrogen) atoms. The quantitative estimate of drug-likeness (QED) is 0.383. The molecule has 2 aromatic rings. The van der Waals surface area contributed by atoms with E-state index in [-0.39, 0.29) is 22.4 Å². The Morgan fingerprint density at radius 2 is 2.04 bits per heavy atom. The summed E-state index contributed by atoms with van der Waals surface area (Å²) in [6.45, 7) is 1.83. The number of aryl methyl sites for hydroxylation is 1. The Morgan fingerprint density at radius 1 is 1.28 bits per heavy atom. The molecule has 0 saturated carbocycles. The fourth-order valence-electron chi connectivity index (χ4n) is 2.52. The number of nitrogens with one attached hydrogen (secondary N) is 1. The minimum Gasteiger partial charge on any atom is -0.327 e. The zero-order valence-electron chi connectivity index (χ0n) is 13.0. The van der Waals surface area contributed by atoms with Gasteiger partial charge < -0.3 is 5.32 Å². The Bertz CT molecular complexity index is 942. The molecule has 3 rings (SSSR count). The van der Waals surface area contributed by atoms with Crippen molar-refractivity contribution in [1.29, 1.82) is 0 Å². The number of carbonyl (C=O) groups is 1. The second kappa shape index (κ2) is 6.62. The molecule has 1 aliphatic heterocycles. The van der Waals surface area contributed by atoms with Gasteiger partial charge in [0.1, 0.15) is 5.70 Å². The van der Waals surface area contributed by atoms with Crippen molar-refractivity contribution in [3.63, 3.8) is 0 Å². The molecule has 0 atom stereocenters. The van der Waals surface area contributed by atoms with Crippen LogP contribution in [0.3, 0.4) is 0 Å². The maximum absolute atomic E-state index is 12.7. The highest BCUT2D eigenvalue weighted by molar-refractivity contribution is 7.80. The van der Waals surface area contributed by atoms with E-state index >= 15 is 0 Å². The highest BCUT2D eigenvalue weighted by atomic mass is 35.5. The Morgan fingerprint density at radius 3 is 2.72 bits per heavy atom. The molecule has 126 valence electrons. The van der Waals surface area contributed by atoms with Crippen LogP contribution in [0.15, 0.2) is 48.2 Å². The van der Waals surface area contributed by atoms with Crippen LogP contribution in [0.1, 0.15) is 11.1 Å². The van der Waals surface area contributed by atoms with Crippen molar-refractivity contribution in [2.75, 3.05) is 4.90 Å². The van der Waals surface area contributed by atoms with Gasteiger partial charge in [-0.05, 0) is 54.5 Å². The largest absolute Gasteiger partial charge is 0.327 e. The smallest absolute Gasteiger partial charge is 0.281 e. The monoisotopic (exact) mass is 373 g/mol. The van der Waals surface area contributed by atoms with Gasteiger partial charge in [0, 0.05) is 17.2 Å². The molecule has 1 saturated heterocycles. The van der Waals surface area contributed by atoms with Crippen molar-refractivity contribution in [3.05, 3.63) is 74.4 Å². The number of non-ortho nitro benzene ring substituents is 1. The van der Waals surface area contributed by atoms with Gasteiger partial charge in [-0.3, -0.25) is 19.8 Å². The molecule has 1 N–H and O–H groups in total. The minimum atomic E-state index is -0.486. The molecule has 0 aromatic heterocycles. The molecule has 6 nitrogen and oxygen atoms in total. The van der Waals surface area contributed by atoms with Crippen LogP contribution in [0.25, 0.3) is 6.08 Å². The van der Waals surface area contributed by atoms with E-state index in [4.69, 9.17) is 23.8 Å². The number of hydrogen-bond donors (Lipinski definition) is 1. The molecule has 1 fully saturated rings. The third-order valence-corrected chi connectivity index (χ3v) is 4.19. The number of benzene rings is 2. The van der Waals surface area contributed by atoms with Crippen molar-refractivity contribution >= 4 is 52.3 Å². The summed E-state index contributed by atoms with van der Waals surface area (Å²) in [4.78, 5) is 24.5. The number of halogens is 1. The van der Waals surface area contributed by atoms with Crippen LogP contribution in [0, 0.1) is 17.0 Å². The molecule has 2 aromatic carbocycles. The fraction of sp³-hybridized carbons (Fsp3) is 0.0588. The number of amides is 1. The van der Waals surface area contributed by atoms with Crippen LogP contribution < -0.4 is 10.2 Å². The number of hydrogen-bond acceptors (Lipinski definition) is 4. The first kappa shape index (κ1) is 17.1. The second-order valence-corrected chi connectivity index (χ2v) is 6.23. The van der Waals surface area contributed by atoms with E-state index in [1.807, 2.05) is 6.92 Å². The van der Waals surface area contributed by atoms with E-state index in [1.54, 1.807) is 30.3 Å². The molecule has 0 spiro atoms. The number of nitrogens with zero attached hydrogens (tertiary/aromatic N) is 2. The number of carbonyl (C=O) groups excluding carboxylic acids is 1. The van der Waals surface area contributed by atoms with Gasteiger partial charge in [-0.15, -0.1) is 0 Å². The van der Waals surface area contributed by atoms with Crippen molar-refractivity contribution in [3.8, 4) is 0 Å². The maximum Gasteiger partial charge on any atom is 0.281 e. The van der Waals surface area contributed by atoms with Gasteiger partial charge in [0.25, 0.3) is 11.6 Å². The van der Waals surface area contributed by atoms with Gasteiger partial charge in [-0.2, -0.15) is 0 Å². The lowest BCUT2D eigenvalue weighted by Gasteiger charge is -2.16. The Kier molecular flexibility index (Phi) is 4.52. The number of rotatable bonds is 3.